The summed E-state index contributed by atoms with van der Waals surface area (Å²) >= 11 is 1.18. The average Bonchev–Trinajstić information content (AvgIpc) is 2.91. The van der Waals surface area contributed by atoms with Crippen LogP contribution in [-0.4, -0.2) is 27.0 Å². The summed E-state index contributed by atoms with van der Waals surface area (Å²) in [5, 5.41) is 12.4. The number of hydrogen-bond acceptors (Lipinski definition) is 6. The number of rotatable bonds is 3. The van der Waals surface area contributed by atoms with Crippen molar-refractivity contribution in [3.05, 3.63) is 47.2 Å². The minimum Gasteiger partial charge on any atom is -0.477 e. The summed E-state index contributed by atoms with van der Waals surface area (Å²) in [4.78, 5) is 31.0. The van der Waals surface area contributed by atoms with E-state index in [0.717, 1.165) is 10.1 Å². The molecule has 0 atom stereocenters. The SMILES string of the molecule is Nc1nccnc1C(=O)Nc1ccc2sc(C(=O)O)cc2c1. The number of carboxylic acids is 1. The molecule has 0 bridgehead atoms. The van der Waals surface area contributed by atoms with Crippen LogP contribution in [0.1, 0.15) is 20.2 Å². The Kier molecular flexibility index (Phi) is 3.43. The van der Waals surface area contributed by atoms with Gasteiger partial charge in [-0.1, -0.05) is 0 Å². The summed E-state index contributed by atoms with van der Waals surface area (Å²) in [5.41, 5.74) is 6.17. The van der Waals surface area contributed by atoms with Gasteiger partial charge in [0, 0.05) is 22.8 Å². The van der Waals surface area contributed by atoms with Gasteiger partial charge in [0.05, 0.1) is 0 Å². The normalized spacial score (nSPS) is 10.5. The molecular formula is C14H10N4O3S. The van der Waals surface area contributed by atoms with Gasteiger partial charge in [-0.25, -0.2) is 14.8 Å². The Hall–Kier alpha value is -3.00. The van der Waals surface area contributed by atoms with E-state index in [9.17, 15) is 9.59 Å². The van der Waals surface area contributed by atoms with E-state index in [1.165, 1.54) is 23.7 Å². The molecule has 0 unspecified atom stereocenters. The van der Waals surface area contributed by atoms with E-state index in [0.29, 0.717) is 5.69 Å². The van der Waals surface area contributed by atoms with Gasteiger partial charge in [0.25, 0.3) is 5.91 Å². The maximum Gasteiger partial charge on any atom is 0.345 e. The third-order valence-corrected chi connectivity index (χ3v) is 4.03. The molecule has 0 spiro atoms. The van der Waals surface area contributed by atoms with Crippen molar-refractivity contribution in [1.29, 1.82) is 0 Å². The Labute approximate surface area is 128 Å². The van der Waals surface area contributed by atoms with Crippen molar-refractivity contribution in [3.8, 4) is 0 Å². The van der Waals surface area contributed by atoms with Crippen molar-refractivity contribution >= 4 is 44.8 Å². The van der Waals surface area contributed by atoms with Gasteiger partial charge < -0.3 is 16.2 Å². The first kappa shape index (κ1) is 14.0. The van der Waals surface area contributed by atoms with Crippen molar-refractivity contribution in [2.75, 3.05) is 11.1 Å². The van der Waals surface area contributed by atoms with Gasteiger partial charge in [0.2, 0.25) is 0 Å². The molecule has 0 aliphatic carbocycles. The third-order valence-electron chi connectivity index (χ3n) is 2.93. The molecule has 3 rings (SSSR count). The van der Waals surface area contributed by atoms with E-state index in [2.05, 4.69) is 15.3 Å². The third kappa shape index (κ3) is 2.59. The number of nitrogens with two attached hydrogens (primary N) is 1. The van der Waals surface area contributed by atoms with E-state index in [1.807, 2.05) is 0 Å². The van der Waals surface area contributed by atoms with Crippen molar-refractivity contribution < 1.29 is 14.7 Å². The molecule has 0 aliphatic heterocycles. The number of fused-ring (bicyclic) bond motifs is 1. The largest absolute Gasteiger partial charge is 0.477 e. The molecule has 1 amide bonds. The van der Waals surface area contributed by atoms with Crippen LogP contribution in [-0.2, 0) is 0 Å². The molecule has 0 fully saturated rings. The first-order valence-electron chi connectivity index (χ1n) is 6.19. The Morgan fingerprint density at radius 3 is 2.68 bits per heavy atom. The number of amides is 1. The van der Waals surface area contributed by atoms with Crippen LogP contribution in [0.5, 0.6) is 0 Å². The van der Waals surface area contributed by atoms with Crippen LogP contribution in [0.3, 0.4) is 0 Å². The van der Waals surface area contributed by atoms with Crippen LogP contribution in [0.4, 0.5) is 11.5 Å². The highest BCUT2D eigenvalue weighted by atomic mass is 32.1. The lowest BCUT2D eigenvalue weighted by Crippen LogP contribution is -2.16. The molecule has 1 aromatic carbocycles. The van der Waals surface area contributed by atoms with E-state index in [4.69, 9.17) is 10.8 Å². The van der Waals surface area contributed by atoms with Gasteiger partial charge in [0.1, 0.15) is 4.88 Å². The molecule has 2 aromatic heterocycles. The molecule has 22 heavy (non-hydrogen) atoms. The predicted molar refractivity (Wildman–Crippen MR) is 83.2 cm³/mol. The summed E-state index contributed by atoms with van der Waals surface area (Å²) in [5.74, 6) is -1.40. The fraction of sp³-hybridized carbons (Fsp3) is 0. The van der Waals surface area contributed by atoms with Gasteiger partial charge in [-0.3, -0.25) is 4.79 Å². The van der Waals surface area contributed by atoms with E-state index >= 15 is 0 Å². The standard InChI is InChI=1S/C14H10N4O3S/c15-12-11(16-3-4-17-12)13(19)18-8-1-2-9-7(5-8)6-10(22-9)14(20)21/h1-6H,(H2,15,17)(H,18,19)(H,20,21). The maximum absolute atomic E-state index is 12.1. The highest BCUT2D eigenvalue weighted by molar-refractivity contribution is 7.20. The molecule has 4 N–H and O–H groups in total. The molecule has 2 heterocycles. The molecule has 3 aromatic rings. The van der Waals surface area contributed by atoms with Crippen molar-refractivity contribution in [2.24, 2.45) is 0 Å². The second-order valence-electron chi connectivity index (χ2n) is 4.41. The molecule has 0 saturated carbocycles. The molecule has 110 valence electrons. The number of carbonyl (C=O) groups is 2. The van der Waals surface area contributed by atoms with Gasteiger partial charge in [-0.05, 0) is 29.7 Å². The summed E-state index contributed by atoms with van der Waals surface area (Å²) in [6, 6.07) is 6.70. The molecule has 0 saturated heterocycles. The zero-order valence-electron chi connectivity index (χ0n) is 11.1. The van der Waals surface area contributed by atoms with E-state index < -0.39 is 11.9 Å². The number of nitrogen functional groups attached to an aromatic ring is 1. The number of benzene rings is 1. The minimum atomic E-state index is -0.973. The Bertz CT molecular complexity index is 891. The predicted octanol–water partition coefficient (Wildman–Crippen LogP) is 2.22. The van der Waals surface area contributed by atoms with Crippen LogP contribution in [0.2, 0.25) is 0 Å². The number of nitrogens with one attached hydrogen (secondary N) is 1. The molecule has 7 nitrogen and oxygen atoms in total. The monoisotopic (exact) mass is 314 g/mol. The lowest BCUT2D eigenvalue weighted by molar-refractivity contribution is 0.0702. The molecule has 8 heteroatoms. The average molecular weight is 314 g/mol. The van der Waals surface area contributed by atoms with Gasteiger partial charge in [-0.2, -0.15) is 0 Å². The Morgan fingerprint density at radius 1 is 1.18 bits per heavy atom. The number of thiophene rings is 1. The first-order chi connectivity index (χ1) is 10.5. The van der Waals surface area contributed by atoms with Crippen molar-refractivity contribution in [1.82, 2.24) is 9.97 Å². The zero-order chi connectivity index (χ0) is 15.7. The first-order valence-corrected chi connectivity index (χ1v) is 7.01. The lowest BCUT2D eigenvalue weighted by Gasteiger charge is -2.05. The Morgan fingerprint density at radius 2 is 1.95 bits per heavy atom. The lowest BCUT2D eigenvalue weighted by atomic mass is 10.2. The number of hydrogen-bond donors (Lipinski definition) is 3. The second-order valence-corrected chi connectivity index (χ2v) is 5.50. The number of anilines is 2. The summed E-state index contributed by atoms with van der Waals surface area (Å²) < 4.78 is 0.828. The number of aromatic carboxylic acids is 1. The van der Waals surface area contributed by atoms with Gasteiger partial charge >= 0.3 is 5.97 Å². The van der Waals surface area contributed by atoms with Gasteiger partial charge in [0.15, 0.2) is 11.5 Å². The van der Waals surface area contributed by atoms with Crippen LogP contribution in [0, 0.1) is 0 Å². The summed E-state index contributed by atoms with van der Waals surface area (Å²) in [6.07, 6.45) is 2.78. The Balaban J connectivity index is 1.89. The second kappa shape index (κ2) is 5.41. The highest BCUT2D eigenvalue weighted by Crippen LogP contribution is 2.28. The highest BCUT2D eigenvalue weighted by Gasteiger charge is 2.13. The minimum absolute atomic E-state index is 0.0409. The topological polar surface area (TPSA) is 118 Å². The van der Waals surface area contributed by atoms with Crippen LogP contribution < -0.4 is 11.1 Å². The molecule has 0 radical (unpaired) electrons. The van der Waals surface area contributed by atoms with Gasteiger partial charge in [-0.15, -0.1) is 11.3 Å². The smallest absolute Gasteiger partial charge is 0.345 e. The number of aromatic nitrogens is 2. The van der Waals surface area contributed by atoms with E-state index in [-0.39, 0.29) is 16.4 Å². The number of carboxylic acid groups (broad SMARTS) is 1. The molecular weight excluding hydrogens is 304 g/mol. The fourth-order valence-corrected chi connectivity index (χ4v) is 2.82. The van der Waals surface area contributed by atoms with E-state index in [1.54, 1.807) is 24.3 Å². The summed E-state index contributed by atoms with van der Waals surface area (Å²) in [7, 11) is 0. The number of carbonyl (C=O) groups excluding carboxylic acids is 1. The number of nitrogens with zero attached hydrogens (tertiary/aromatic N) is 2. The van der Waals surface area contributed by atoms with Crippen molar-refractivity contribution in [3.63, 3.8) is 0 Å². The van der Waals surface area contributed by atoms with Crippen LogP contribution >= 0.6 is 11.3 Å². The quantitative estimate of drug-likeness (QED) is 0.682. The van der Waals surface area contributed by atoms with Crippen LogP contribution in [0.15, 0.2) is 36.7 Å². The van der Waals surface area contributed by atoms with Crippen LogP contribution in [0.25, 0.3) is 10.1 Å². The molecule has 0 aliphatic rings. The van der Waals surface area contributed by atoms with Crippen molar-refractivity contribution in [2.45, 2.75) is 0 Å². The zero-order valence-corrected chi connectivity index (χ0v) is 11.9. The summed E-state index contributed by atoms with van der Waals surface area (Å²) in [6.45, 7) is 0. The fourth-order valence-electron chi connectivity index (χ4n) is 1.94. The maximum atomic E-state index is 12.1.